The van der Waals surface area contributed by atoms with Crippen LogP contribution in [-0.2, 0) is 32.2 Å². The number of hydrogen-bond donors (Lipinski definition) is 3. The van der Waals surface area contributed by atoms with E-state index in [-0.39, 0.29) is 25.9 Å². The predicted octanol–water partition coefficient (Wildman–Crippen LogP) is 7.13. The minimum absolute atomic E-state index is 0.203. The largest absolute Gasteiger partial charge is 0.445 e. The van der Waals surface area contributed by atoms with Crippen molar-refractivity contribution in [2.45, 2.75) is 98.1 Å². The Morgan fingerprint density at radius 2 is 1.02 bits per heavy atom. The number of nitrogens with zero attached hydrogens (tertiary/aromatic N) is 3. The van der Waals surface area contributed by atoms with E-state index in [9.17, 15) is 19.2 Å². The van der Waals surface area contributed by atoms with Crippen LogP contribution in [0.5, 0.6) is 0 Å². The Hall–Kier alpha value is -5.03. The summed E-state index contributed by atoms with van der Waals surface area (Å²) >= 11 is 0. The number of alkyl carbamates (subject to hydrolysis) is 2. The maximum atomic E-state index is 12.3. The number of carbonyl (C=O) groups is 4. The van der Waals surface area contributed by atoms with E-state index < -0.39 is 29.5 Å². The van der Waals surface area contributed by atoms with Crippen molar-refractivity contribution in [1.29, 1.82) is 0 Å². The van der Waals surface area contributed by atoms with Crippen molar-refractivity contribution in [2.75, 3.05) is 52.4 Å². The van der Waals surface area contributed by atoms with Crippen molar-refractivity contribution in [3.63, 3.8) is 0 Å². The highest BCUT2D eigenvalue weighted by Crippen LogP contribution is 2.09. The summed E-state index contributed by atoms with van der Waals surface area (Å²) in [5, 5.41) is 5.40. The summed E-state index contributed by atoms with van der Waals surface area (Å²) in [6.45, 7) is 21.9. The first-order chi connectivity index (χ1) is 25.6. The van der Waals surface area contributed by atoms with Gasteiger partial charge in [-0.15, -0.1) is 0 Å². The maximum Gasteiger partial charge on any atom is 0.410 e. The molecule has 54 heavy (non-hydrogen) atoms. The quantitative estimate of drug-likeness (QED) is 0.0769. The van der Waals surface area contributed by atoms with Gasteiger partial charge in [0.25, 0.3) is 0 Å². The molecule has 0 saturated carbocycles. The van der Waals surface area contributed by atoms with Gasteiger partial charge >= 0.3 is 24.4 Å². The molecule has 0 bridgehead atoms. The van der Waals surface area contributed by atoms with Gasteiger partial charge in [0, 0.05) is 32.7 Å². The first-order valence-corrected chi connectivity index (χ1v) is 18.5. The van der Waals surface area contributed by atoms with E-state index in [1.165, 1.54) is 4.90 Å². The summed E-state index contributed by atoms with van der Waals surface area (Å²) < 4.78 is 21.1. The van der Waals surface area contributed by atoms with E-state index in [0.717, 1.165) is 30.4 Å². The molecule has 14 nitrogen and oxygen atoms in total. The van der Waals surface area contributed by atoms with Gasteiger partial charge in [-0.2, -0.15) is 0 Å². The van der Waals surface area contributed by atoms with Gasteiger partial charge < -0.3 is 50.0 Å². The lowest BCUT2D eigenvalue weighted by Crippen LogP contribution is -2.35. The second-order valence-electron chi connectivity index (χ2n) is 14.3. The molecule has 2 rings (SSSR count). The number of nitrogens with one attached hydrogen (secondary N) is 2. The molecular weight excluding hydrogens is 692 g/mol. The smallest absolute Gasteiger partial charge is 0.410 e. The molecule has 4 amide bonds. The van der Waals surface area contributed by atoms with Crippen molar-refractivity contribution < 1.29 is 38.1 Å². The molecule has 2 aromatic rings. The van der Waals surface area contributed by atoms with Crippen LogP contribution in [0.4, 0.5) is 19.2 Å². The Labute approximate surface area is 321 Å². The first-order valence-electron chi connectivity index (χ1n) is 18.5. The van der Waals surface area contributed by atoms with Gasteiger partial charge in [0.1, 0.15) is 24.4 Å². The summed E-state index contributed by atoms with van der Waals surface area (Å²) in [4.78, 5) is 54.3. The Morgan fingerprint density at radius 3 is 1.39 bits per heavy atom. The van der Waals surface area contributed by atoms with Gasteiger partial charge in [-0.25, -0.2) is 25.8 Å². The van der Waals surface area contributed by atoms with Crippen LogP contribution in [0.3, 0.4) is 0 Å². The fourth-order valence-corrected chi connectivity index (χ4v) is 4.53. The third kappa shape index (κ3) is 25.0. The van der Waals surface area contributed by atoms with Crippen molar-refractivity contribution in [3.8, 4) is 0 Å². The molecule has 0 aliphatic carbocycles. The summed E-state index contributed by atoms with van der Waals surface area (Å²) in [5.41, 5.74) is 6.39. The molecule has 4 N–H and O–H groups in total. The van der Waals surface area contributed by atoms with Crippen LogP contribution in [-0.4, -0.2) is 97.7 Å². The average Bonchev–Trinajstić information content (AvgIpc) is 3.11. The third-order valence-corrected chi connectivity index (χ3v) is 7.09. The lowest BCUT2D eigenvalue weighted by Gasteiger charge is -2.22. The van der Waals surface area contributed by atoms with E-state index in [0.29, 0.717) is 58.7 Å². The molecule has 0 saturated heterocycles. The second kappa shape index (κ2) is 26.7. The SMILES string of the molecule is CC(C)(C)OC(=O)NCCCCN(CCCN)C(=O)OCc1ccccc1.[C-]#[N+]CCN(CCCCNC(=O)OC(C)(C)C)C(=O)OCc1ccccc1. The Kier molecular flexibility index (Phi) is 23.2. The molecule has 0 atom stereocenters. The van der Waals surface area contributed by atoms with Crippen LogP contribution in [0.2, 0.25) is 0 Å². The van der Waals surface area contributed by atoms with Gasteiger partial charge in [-0.05, 0) is 91.3 Å². The van der Waals surface area contributed by atoms with Gasteiger partial charge in [0.05, 0.1) is 6.54 Å². The van der Waals surface area contributed by atoms with Crippen molar-refractivity contribution >= 4 is 24.4 Å². The molecule has 0 heterocycles. The number of rotatable bonds is 19. The molecular formula is C40H62N6O8. The molecule has 0 fully saturated rings. The fourth-order valence-electron chi connectivity index (χ4n) is 4.53. The van der Waals surface area contributed by atoms with E-state index in [1.54, 1.807) is 4.90 Å². The second-order valence-corrected chi connectivity index (χ2v) is 14.3. The Morgan fingerprint density at radius 1 is 0.630 bits per heavy atom. The number of nitrogens with two attached hydrogens (primary N) is 1. The van der Waals surface area contributed by atoms with Crippen molar-refractivity contribution in [2.24, 2.45) is 5.73 Å². The normalized spacial score (nSPS) is 10.8. The summed E-state index contributed by atoms with van der Waals surface area (Å²) in [6, 6.07) is 19.0. The van der Waals surface area contributed by atoms with Gasteiger partial charge in [0.15, 0.2) is 0 Å². The first kappa shape index (κ1) is 47.0. The molecule has 0 radical (unpaired) electrons. The highest BCUT2D eigenvalue weighted by Gasteiger charge is 2.19. The van der Waals surface area contributed by atoms with Crippen LogP contribution in [0.1, 0.15) is 84.8 Å². The average molecular weight is 755 g/mol. The molecule has 0 aromatic heterocycles. The molecule has 300 valence electrons. The predicted molar refractivity (Wildman–Crippen MR) is 208 cm³/mol. The fraction of sp³-hybridized carbons (Fsp3) is 0.575. The lowest BCUT2D eigenvalue weighted by molar-refractivity contribution is 0.0514. The minimum atomic E-state index is -0.525. The van der Waals surface area contributed by atoms with E-state index >= 15 is 0 Å². The number of unbranched alkanes of at least 4 members (excludes halogenated alkanes) is 2. The lowest BCUT2D eigenvalue weighted by atomic mass is 10.2. The van der Waals surface area contributed by atoms with Gasteiger partial charge in [-0.1, -0.05) is 60.7 Å². The van der Waals surface area contributed by atoms with Gasteiger partial charge in [0.2, 0.25) is 6.54 Å². The maximum absolute atomic E-state index is 12.3. The monoisotopic (exact) mass is 754 g/mol. The molecule has 0 spiro atoms. The van der Waals surface area contributed by atoms with Crippen LogP contribution in [0.15, 0.2) is 60.7 Å². The van der Waals surface area contributed by atoms with Crippen LogP contribution in [0, 0.1) is 6.57 Å². The van der Waals surface area contributed by atoms with E-state index in [2.05, 4.69) is 15.5 Å². The number of carbonyl (C=O) groups excluding carboxylic acids is 4. The Bertz CT molecular complexity index is 1390. The third-order valence-electron chi connectivity index (χ3n) is 7.09. The zero-order chi connectivity index (χ0) is 40.2. The highest BCUT2D eigenvalue weighted by atomic mass is 16.6. The topological polar surface area (TPSA) is 166 Å². The zero-order valence-corrected chi connectivity index (χ0v) is 33.1. The minimum Gasteiger partial charge on any atom is -0.445 e. The van der Waals surface area contributed by atoms with Crippen LogP contribution >= 0.6 is 0 Å². The van der Waals surface area contributed by atoms with Crippen molar-refractivity contribution in [1.82, 2.24) is 20.4 Å². The molecule has 0 unspecified atom stereocenters. The molecule has 0 aliphatic heterocycles. The number of ether oxygens (including phenoxy) is 4. The van der Waals surface area contributed by atoms with E-state index in [1.807, 2.05) is 102 Å². The number of amides is 4. The van der Waals surface area contributed by atoms with Crippen LogP contribution in [0.25, 0.3) is 4.85 Å². The van der Waals surface area contributed by atoms with E-state index in [4.69, 9.17) is 31.3 Å². The van der Waals surface area contributed by atoms with Gasteiger partial charge in [-0.3, -0.25) is 0 Å². The zero-order valence-electron chi connectivity index (χ0n) is 33.1. The standard InChI is InChI=1S/C20H29N3O4.C20H33N3O4/c1-20(2,3)27-18(24)22-12-8-9-14-23(15-13-21-4)19(25)26-16-17-10-6-5-7-11-17;1-20(2,3)27-18(24)22-13-7-8-14-23(15-9-12-21)19(25)26-16-17-10-5-4-6-11-17/h5-7,10-11H,8-9,12-16H2,1-3H3,(H,22,24);4-6,10-11H,7-9,12-16,21H2,1-3H3,(H,22,24). The highest BCUT2D eigenvalue weighted by molar-refractivity contribution is 5.69. The number of hydrogen-bond acceptors (Lipinski definition) is 9. The summed E-state index contributed by atoms with van der Waals surface area (Å²) in [6.07, 6.45) is 1.95. The molecule has 2 aromatic carbocycles. The molecule has 14 heteroatoms. The Balaban J connectivity index is 0.000000540. The summed E-state index contributed by atoms with van der Waals surface area (Å²) in [7, 11) is 0. The summed E-state index contributed by atoms with van der Waals surface area (Å²) in [5.74, 6) is 0. The molecule has 0 aliphatic rings. The number of benzene rings is 2. The van der Waals surface area contributed by atoms with Crippen molar-refractivity contribution in [3.05, 3.63) is 83.2 Å². The van der Waals surface area contributed by atoms with Crippen LogP contribution < -0.4 is 16.4 Å².